The average molecular weight is 279 g/mol. The molecule has 19 heavy (non-hydrogen) atoms. The zero-order chi connectivity index (χ0) is 14.0. The van der Waals surface area contributed by atoms with E-state index in [-0.39, 0.29) is 11.9 Å². The van der Waals surface area contributed by atoms with Crippen LogP contribution in [0, 0.1) is 13.8 Å². The van der Waals surface area contributed by atoms with E-state index in [9.17, 15) is 4.79 Å². The van der Waals surface area contributed by atoms with E-state index in [0.29, 0.717) is 6.42 Å². The number of rotatable bonds is 4. The lowest BCUT2D eigenvalue weighted by molar-refractivity contribution is -0.121. The third kappa shape index (κ3) is 3.17. The molecule has 0 bridgehead atoms. The van der Waals surface area contributed by atoms with Gasteiger partial charge in [-0.1, -0.05) is 0 Å². The van der Waals surface area contributed by atoms with Crippen LogP contribution in [0.4, 0.5) is 0 Å². The molecule has 2 rings (SSSR count). The van der Waals surface area contributed by atoms with Gasteiger partial charge in [0.15, 0.2) is 5.82 Å². The van der Waals surface area contributed by atoms with Crippen molar-refractivity contribution in [3.8, 4) is 0 Å². The summed E-state index contributed by atoms with van der Waals surface area (Å²) in [5, 5.41) is 11.7. The predicted molar refractivity (Wildman–Crippen MR) is 72.9 cm³/mol. The van der Waals surface area contributed by atoms with Gasteiger partial charge in [-0.05, 0) is 20.8 Å². The summed E-state index contributed by atoms with van der Waals surface area (Å²) < 4.78 is 1.80. The van der Waals surface area contributed by atoms with Crippen molar-refractivity contribution < 1.29 is 4.79 Å². The molecular weight excluding hydrogens is 262 g/mol. The predicted octanol–water partition coefficient (Wildman–Crippen LogP) is 1.31. The van der Waals surface area contributed by atoms with Crippen LogP contribution in [-0.2, 0) is 18.3 Å². The Morgan fingerprint density at radius 1 is 1.53 bits per heavy atom. The van der Waals surface area contributed by atoms with Gasteiger partial charge in [-0.25, -0.2) is 4.98 Å². The van der Waals surface area contributed by atoms with Gasteiger partial charge in [0.25, 0.3) is 0 Å². The fourth-order valence-electron chi connectivity index (χ4n) is 1.92. The summed E-state index contributed by atoms with van der Waals surface area (Å²) in [6.07, 6.45) is 1.98. The van der Waals surface area contributed by atoms with Gasteiger partial charge in [-0.3, -0.25) is 4.79 Å². The second-order valence-corrected chi connectivity index (χ2v) is 5.80. The molecule has 0 unspecified atom stereocenters. The Balaban J connectivity index is 1.98. The molecule has 0 saturated carbocycles. The Hall–Kier alpha value is -1.76. The van der Waals surface area contributed by atoms with Crippen molar-refractivity contribution in [2.45, 2.75) is 33.2 Å². The van der Waals surface area contributed by atoms with Crippen LogP contribution < -0.4 is 5.32 Å². The van der Waals surface area contributed by atoms with Crippen molar-refractivity contribution in [1.82, 2.24) is 25.1 Å². The number of carbonyl (C=O) groups excluding carboxylic acids is 1. The Bertz CT molecular complexity index is 589. The molecule has 0 aliphatic carbocycles. The average Bonchev–Trinajstić information content (AvgIpc) is 2.85. The maximum Gasteiger partial charge on any atom is 0.225 e. The van der Waals surface area contributed by atoms with Crippen LogP contribution in [0.15, 0.2) is 6.33 Å². The zero-order valence-electron chi connectivity index (χ0n) is 11.5. The quantitative estimate of drug-likeness (QED) is 0.916. The molecule has 7 heteroatoms. The van der Waals surface area contributed by atoms with Gasteiger partial charge >= 0.3 is 0 Å². The molecule has 2 aromatic rings. The summed E-state index contributed by atoms with van der Waals surface area (Å²) >= 11 is 1.57. The third-order valence-corrected chi connectivity index (χ3v) is 3.90. The summed E-state index contributed by atoms with van der Waals surface area (Å²) in [6.45, 7) is 5.77. The number of nitrogens with zero attached hydrogens (tertiary/aromatic N) is 4. The topological polar surface area (TPSA) is 72.7 Å². The number of hydrogen-bond acceptors (Lipinski definition) is 5. The van der Waals surface area contributed by atoms with Gasteiger partial charge in [0.05, 0.1) is 23.2 Å². The van der Waals surface area contributed by atoms with E-state index in [2.05, 4.69) is 20.5 Å². The minimum Gasteiger partial charge on any atom is -0.346 e. The fraction of sp³-hybridized carbons (Fsp3) is 0.500. The maximum atomic E-state index is 12.0. The summed E-state index contributed by atoms with van der Waals surface area (Å²) in [6, 6.07) is -0.158. The first-order chi connectivity index (χ1) is 8.97. The first kappa shape index (κ1) is 13.7. The van der Waals surface area contributed by atoms with Crippen molar-refractivity contribution in [3.05, 3.63) is 27.7 Å². The minimum absolute atomic E-state index is 0.0257. The van der Waals surface area contributed by atoms with Crippen molar-refractivity contribution in [1.29, 1.82) is 0 Å². The highest BCUT2D eigenvalue weighted by molar-refractivity contribution is 7.11. The van der Waals surface area contributed by atoms with Gasteiger partial charge in [-0.2, -0.15) is 0 Å². The Kier molecular flexibility index (Phi) is 3.94. The van der Waals surface area contributed by atoms with Gasteiger partial charge in [0.2, 0.25) is 5.91 Å². The summed E-state index contributed by atoms with van der Waals surface area (Å²) in [5.74, 6) is 0.716. The lowest BCUT2D eigenvalue weighted by Crippen LogP contribution is -2.29. The lowest BCUT2D eigenvalue weighted by Gasteiger charge is -2.12. The molecule has 0 aromatic carbocycles. The first-order valence-electron chi connectivity index (χ1n) is 6.03. The van der Waals surface area contributed by atoms with Gasteiger partial charge in [0.1, 0.15) is 6.33 Å². The van der Waals surface area contributed by atoms with Crippen LogP contribution in [0.3, 0.4) is 0 Å². The summed E-state index contributed by atoms with van der Waals surface area (Å²) in [7, 11) is 1.86. The largest absolute Gasteiger partial charge is 0.346 e. The molecule has 0 radical (unpaired) electrons. The molecule has 1 N–H and O–H groups in total. The monoisotopic (exact) mass is 279 g/mol. The van der Waals surface area contributed by atoms with E-state index in [4.69, 9.17) is 0 Å². The highest BCUT2D eigenvalue weighted by Crippen LogP contribution is 2.18. The first-order valence-corrected chi connectivity index (χ1v) is 6.85. The molecule has 102 valence electrons. The number of aromatic nitrogens is 4. The molecule has 6 nitrogen and oxygen atoms in total. The molecule has 0 aliphatic rings. The molecule has 0 fully saturated rings. The van der Waals surface area contributed by atoms with Gasteiger partial charge in [0, 0.05) is 11.9 Å². The van der Waals surface area contributed by atoms with Crippen LogP contribution in [0.2, 0.25) is 0 Å². The van der Waals surface area contributed by atoms with Gasteiger partial charge < -0.3 is 9.88 Å². The van der Waals surface area contributed by atoms with Crippen molar-refractivity contribution >= 4 is 17.2 Å². The molecule has 0 saturated heterocycles. The zero-order valence-corrected chi connectivity index (χ0v) is 12.3. The smallest absolute Gasteiger partial charge is 0.225 e. The third-order valence-electron chi connectivity index (χ3n) is 2.83. The molecule has 0 aliphatic heterocycles. The van der Waals surface area contributed by atoms with Crippen molar-refractivity contribution in [3.63, 3.8) is 0 Å². The Morgan fingerprint density at radius 3 is 2.79 bits per heavy atom. The van der Waals surface area contributed by atoms with Crippen LogP contribution in [0.1, 0.15) is 34.4 Å². The number of hydrogen-bond donors (Lipinski definition) is 1. The molecule has 2 aromatic heterocycles. The number of nitrogens with one attached hydrogen (secondary N) is 1. The maximum absolute atomic E-state index is 12.0. The number of aryl methyl sites for hydroxylation is 3. The number of thiazole rings is 1. The van der Waals surface area contributed by atoms with E-state index in [1.54, 1.807) is 22.2 Å². The van der Waals surface area contributed by atoms with E-state index in [0.717, 1.165) is 21.4 Å². The normalized spacial score (nSPS) is 12.4. The lowest BCUT2D eigenvalue weighted by atomic mass is 10.2. The van der Waals surface area contributed by atoms with Crippen LogP contribution in [-0.4, -0.2) is 25.7 Å². The standard InChI is InChI=1S/C12H17N5OS/c1-7-10(19-9(3)14-7)5-11(18)15-8(2)12-16-13-6-17(12)4/h6,8H,5H2,1-4H3,(H,15,18)/t8-/m1/s1. The fourth-order valence-corrected chi connectivity index (χ4v) is 2.86. The van der Waals surface area contributed by atoms with Crippen LogP contribution in [0.5, 0.6) is 0 Å². The van der Waals surface area contributed by atoms with Crippen LogP contribution >= 0.6 is 11.3 Å². The summed E-state index contributed by atoms with van der Waals surface area (Å²) in [5.41, 5.74) is 0.934. The second kappa shape index (κ2) is 5.48. The molecule has 1 atom stereocenters. The summed E-state index contributed by atoms with van der Waals surface area (Å²) in [4.78, 5) is 17.3. The van der Waals surface area contributed by atoms with Crippen molar-refractivity contribution in [2.75, 3.05) is 0 Å². The number of amides is 1. The Morgan fingerprint density at radius 2 is 2.26 bits per heavy atom. The molecule has 1 amide bonds. The number of carbonyl (C=O) groups is 1. The van der Waals surface area contributed by atoms with E-state index >= 15 is 0 Å². The molecule has 0 spiro atoms. The highest BCUT2D eigenvalue weighted by atomic mass is 32.1. The Labute approximate surface area is 115 Å². The second-order valence-electron chi connectivity index (χ2n) is 4.51. The minimum atomic E-state index is -0.158. The molecule has 2 heterocycles. The van der Waals surface area contributed by atoms with E-state index < -0.39 is 0 Å². The van der Waals surface area contributed by atoms with Crippen molar-refractivity contribution in [2.24, 2.45) is 7.05 Å². The molecular formula is C12H17N5OS. The van der Waals surface area contributed by atoms with Gasteiger partial charge in [-0.15, -0.1) is 21.5 Å². The SMILES string of the molecule is Cc1nc(C)c(CC(=O)N[C@H](C)c2nncn2C)s1. The highest BCUT2D eigenvalue weighted by Gasteiger charge is 2.16. The van der Waals surface area contributed by atoms with Crippen LogP contribution in [0.25, 0.3) is 0 Å². The van der Waals surface area contributed by atoms with E-state index in [1.165, 1.54) is 0 Å². The van der Waals surface area contributed by atoms with E-state index in [1.807, 2.05) is 27.8 Å².